The quantitative estimate of drug-likeness (QED) is 0.798. The largest absolute Gasteiger partial charge is 0.394 e. The SMILES string of the molecule is CCc1cc2c(NC3(CO)CCC3)nc(N)nc2s1. The fraction of sp³-hybridized carbons (Fsp3) is 0.538. The van der Waals surface area contributed by atoms with Crippen molar-refractivity contribution in [3.63, 3.8) is 0 Å². The minimum Gasteiger partial charge on any atom is -0.394 e. The van der Waals surface area contributed by atoms with Gasteiger partial charge in [0.05, 0.1) is 17.5 Å². The molecule has 0 radical (unpaired) electrons. The van der Waals surface area contributed by atoms with Gasteiger partial charge in [0.2, 0.25) is 5.95 Å². The molecule has 2 aromatic rings. The number of aliphatic hydroxyl groups excluding tert-OH is 1. The molecule has 1 aliphatic rings. The fourth-order valence-corrected chi connectivity index (χ4v) is 3.41. The second-order valence-corrected chi connectivity index (χ2v) is 6.25. The van der Waals surface area contributed by atoms with Gasteiger partial charge in [-0.15, -0.1) is 11.3 Å². The summed E-state index contributed by atoms with van der Waals surface area (Å²) in [5, 5.41) is 14.0. The highest BCUT2D eigenvalue weighted by Gasteiger charge is 2.37. The van der Waals surface area contributed by atoms with Gasteiger partial charge in [0, 0.05) is 4.88 Å². The zero-order valence-electron chi connectivity index (χ0n) is 10.9. The fourth-order valence-electron chi connectivity index (χ4n) is 2.43. The molecule has 0 unspecified atom stereocenters. The Morgan fingerprint density at radius 1 is 1.47 bits per heavy atom. The molecule has 4 N–H and O–H groups in total. The molecule has 1 fully saturated rings. The number of fused-ring (bicyclic) bond motifs is 1. The normalized spacial score (nSPS) is 17.4. The molecule has 0 spiro atoms. The highest BCUT2D eigenvalue weighted by molar-refractivity contribution is 7.18. The Hall–Kier alpha value is -1.40. The Balaban J connectivity index is 2.03. The molecule has 0 saturated heterocycles. The van der Waals surface area contributed by atoms with Crippen molar-refractivity contribution in [2.24, 2.45) is 0 Å². The summed E-state index contributed by atoms with van der Waals surface area (Å²) >= 11 is 1.65. The number of nitrogens with two attached hydrogens (primary N) is 1. The smallest absolute Gasteiger partial charge is 0.223 e. The molecule has 1 saturated carbocycles. The monoisotopic (exact) mass is 278 g/mol. The van der Waals surface area contributed by atoms with E-state index in [0.717, 1.165) is 41.7 Å². The van der Waals surface area contributed by atoms with E-state index in [9.17, 15) is 5.11 Å². The number of nitrogens with zero attached hydrogens (tertiary/aromatic N) is 2. The van der Waals surface area contributed by atoms with Crippen LogP contribution >= 0.6 is 11.3 Å². The van der Waals surface area contributed by atoms with Crippen molar-refractivity contribution < 1.29 is 5.11 Å². The summed E-state index contributed by atoms with van der Waals surface area (Å²) in [7, 11) is 0. The summed E-state index contributed by atoms with van der Waals surface area (Å²) in [5.41, 5.74) is 5.56. The second kappa shape index (κ2) is 4.61. The number of nitrogen functional groups attached to an aromatic ring is 1. The molecule has 1 aliphatic carbocycles. The molecule has 2 heterocycles. The predicted octanol–water partition coefficient (Wildman–Crippen LogP) is 2.16. The Labute approximate surface area is 115 Å². The highest BCUT2D eigenvalue weighted by Crippen LogP contribution is 2.37. The topological polar surface area (TPSA) is 84.1 Å². The van der Waals surface area contributed by atoms with Gasteiger partial charge in [-0.1, -0.05) is 6.92 Å². The van der Waals surface area contributed by atoms with Crippen LogP contribution in [0.1, 0.15) is 31.1 Å². The molecule has 2 aromatic heterocycles. The van der Waals surface area contributed by atoms with Crippen LogP contribution in [0.15, 0.2) is 6.07 Å². The zero-order chi connectivity index (χ0) is 13.5. The van der Waals surface area contributed by atoms with Gasteiger partial charge in [-0.2, -0.15) is 4.98 Å². The van der Waals surface area contributed by atoms with Crippen molar-refractivity contribution in [3.05, 3.63) is 10.9 Å². The van der Waals surface area contributed by atoms with Crippen molar-refractivity contribution >= 4 is 33.3 Å². The average molecular weight is 278 g/mol. The number of thiophene rings is 1. The van der Waals surface area contributed by atoms with E-state index < -0.39 is 0 Å². The predicted molar refractivity (Wildman–Crippen MR) is 78.5 cm³/mol. The number of hydrogen-bond acceptors (Lipinski definition) is 6. The third kappa shape index (κ3) is 2.15. The summed E-state index contributed by atoms with van der Waals surface area (Å²) in [4.78, 5) is 10.8. The van der Waals surface area contributed by atoms with Gasteiger partial charge in [0.1, 0.15) is 10.6 Å². The molecule has 0 aromatic carbocycles. The molecule has 102 valence electrons. The van der Waals surface area contributed by atoms with Crippen molar-refractivity contribution in [1.82, 2.24) is 9.97 Å². The molecule has 6 heteroatoms. The van der Waals surface area contributed by atoms with Crippen molar-refractivity contribution in [2.75, 3.05) is 17.7 Å². The average Bonchev–Trinajstić information content (AvgIpc) is 2.76. The Bertz CT molecular complexity index is 600. The van der Waals surface area contributed by atoms with Gasteiger partial charge >= 0.3 is 0 Å². The molecular formula is C13H18N4OS. The lowest BCUT2D eigenvalue weighted by molar-refractivity contribution is 0.144. The lowest BCUT2D eigenvalue weighted by atomic mass is 9.77. The number of nitrogens with one attached hydrogen (secondary N) is 1. The molecule has 0 atom stereocenters. The van der Waals surface area contributed by atoms with E-state index in [-0.39, 0.29) is 18.1 Å². The second-order valence-electron chi connectivity index (χ2n) is 5.13. The number of aromatic nitrogens is 2. The van der Waals surface area contributed by atoms with E-state index >= 15 is 0 Å². The molecule has 0 bridgehead atoms. The number of aliphatic hydroxyl groups is 1. The minimum absolute atomic E-state index is 0.128. The third-order valence-electron chi connectivity index (χ3n) is 3.81. The van der Waals surface area contributed by atoms with E-state index in [0.29, 0.717) is 0 Å². The van der Waals surface area contributed by atoms with Crippen LogP contribution in [0.25, 0.3) is 10.2 Å². The van der Waals surface area contributed by atoms with Crippen molar-refractivity contribution in [3.8, 4) is 0 Å². The first-order chi connectivity index (χ1) is 9.15. The van der Waals surface area contributed by atoms with E-state index in [1.54, 1.807) is 11.3 Å². The van der Waals surface area contributed by atoms with E-state index in [1.807, 2.05) is 0 Å². The van der Waals surface area contributed by atoms with Crippen molar-refractivity contribution in [2.45, 2.75) is 38.1 Å². The lowest BCUT2D eigenvalue weighted by Crippen LogP contribution is -2.48. The minimum atomic E-state index is -0.220. The van der Waals surface area contributed by atoms with Crippen LogP contribution < -0.4 is 11.1 Å². The van der Waals surface area contributed by atoms with E-state index in [4.69, 9.17) is 5.73 Å². The maximum Gasteiger partial charge on any atom is 0.223 e. The molecule has 19 heavy (non-hydrogen) atoms. The molecule has 0 aliphatic heterocycles. The number of anilines is 2. The van der Waals surface area contributed by atoms with Crippen LogP contribution in [-0.2, 0) is 6.42 Å². The Kier molecular flexibility index (Phi) is 3.06. The van der Waals surface area contributed by atoms with Crippen LogP contribution in [0.5, 0.6) is 0 Å². The van der Waals surface area contributed by atoms with Gasteiger partial charge in [-0.05, 0) is 31.7 Å². The molecule has 5 nitrogen and oxygen atoms in total. The molecular weight excluding hydrogens is 260 g/mol. The maximum absolute atomic E-state index is 9.56. The standard InChI is InChI=1S/C13H18N4OS/c1-2-8-6-9-10(15-12(14)16-11(9)19-8)17-13(7-18)4-3-5-13/h6,18H,2-5,7H2,1H3,(H3,14,15,16,17). The van der Waals surface area contributed by atoms with Gasteiger partial charge in [0.25, 0.3) is 0 Å². The number of aryl methyl sites for hydroxylation is 1. The third-order valence-corrected chi connectivity index (χ3v) is 4.98. The van der Waals surface area contributed by atoms with Crippen LogP contribution in [0.4, 0.5) is 11.8 Å². The van der Waals surface area contributed by atoms with Gasteiger partial charge in [-0.3, -0.25) is 0 Å². The van der Waals surface area contributed by atoms with E-state index in [1.165, 1.54) is 4.88 Å². The van der Waals surface area contributed by atoms with Gasteiger partial charge in [0.15, 0.2) is 0 Å². The first kappa shape index (κ1) is 12.6. The lowest BCUT2D eigenvalue weighted by Gasteiger charge is -2.41. The number of hydrogen-bond donors (Lipinski definition) is 3. The van der Waals surface area contributed by atoms with Crippen LogP contribution in [-0.4, -0.2) is 27.2 Å². The Morgan fingerprint density at radius 3 is 2.84 bits per heavy atom. The summed E-state index contributed by atoms with van der Waals surface area (Å²) in [6, 6.07) is 2.12. The summed E-state index contributed by atoms with van der Waals surface area (Å²) in [6.07, 6.45) is 4.06. The summed E-state index contributed by atoms with van der Waals surface area (Å²) in [6.45, 7) is 2.25. The van der Waals surface area contributed by atoms with Crippen LogP contribution in [0.2, 0.25) is 0 Å². The van der Waals surface area contributed by atoms with Gasteiger partial charge < -0.3 is 16.2 Å². The number of rotatable bonds is 4. The summed E-state index contributed by atoms with van der Waals surface area (Å²) < 4.78 is 0. The zero-order valence-corrected chi connectivity index (χ0v) is 11.8. The molecule has 0 amide bonds. The first-order valence-corrected chi connectivity index (χ1v) is 7.42. The van der Waals surface area contributed by atoms with Gasteiger partial charge in [-0.25, -0.2) is 4.98 Å². The highest BCUT2D eigenvalue weighted by atomic mass is 32.1. The van der Waals surface area contributed by atoms with Crippen molar-refractivity contribution in [1.29, 1.82) is 0 Å². The van der Waals surface area contributed by atoms with E-state index in [2.05, 4.69) is 28.3 Å². The summed E-state index contributed by atoms with van der Waals surface area (Å²) in [5.74, 6) is 1.04. The molecule has 3 rings (SSSR count). The Morgan fingerprint density at radius 2 is 2.26 bits per heavy atom. The maximum atomic E-state index is 9.56. The van der Waals surface area contributed by atoms with Crippen LogP contribution in [0, 0.1) is 0 Å². The first-order valence-electron chi connectivity index (χ1n) is 6.61. The van der Waals surface area contributed by atoms with Crippen LogP contribution in [0.3, 0.4) is 0 Å².